The van der Waals surface area contributed by atoms with Crippen LogP contribution in [0.1, 0.15) is 34.6 Å². The molecule has 0 aliphatic carbocycles. The van der Waals surface area contributed by atoms with E-state index in [-0.39, 0.29) is 5.91 Å². The zero-order valence-corrected chi connectivity index (χ0v) is 18.2. The molecular weight excluding hydrogens is 386 g/mol. The Balaban J connectivity index is 1.29. The second-order valence-electron chi connectivity index (χ2n) is 8.57. The van der Waals surface area contributed by atoms with E-state index in [0.29, 0.717) is 11.6 Å². The van der Waals surface area contributed by atoms with Crippen LogP contribution in [0.4, 0.5) is 11.4 Å². The monoisotopic (exact) mass is 415 g/mol. The predicted octanol–water partition coefficient (Wildman–Crippen LogP) is 4.03. The molecule has 0 saturated carbocycles. The van der Waals surface area contributed by atoms with Crippen molar-refractivity contribution in [2.24, 2.45) is 0 Å². The number of carbonyl (C=O) groups is 1. The zero-order chi connectivity index (χ0) is 21.4. The van der Waals surface area contributed by atoms with Gasteiger partial charge >= 0.3 is 0 Å². The number of nitrogens with one attached hydrogen (secondary N) is 1. The molecule has 6 heteroatoms. The van der Waals surface area contributed by atoms with Crippen LogP contribution in [0.15, 0.2) is 54.6 Å². The standard InChI is InChI=1S/C25H29N5O/c1-18-24(19(2)30(27-18)22-7-4-3-5-8-22)25(31)26-20-10-12-21(13-11-20)29-16-15-28-14-6-9-23(28)17-29/h3-5,7-8,10-13,23H,6,9,14-17H2,1-2H3,(H,26,31). The van der Waals surface area contributed by atoms with Crippen molar-refractivity contribution < 1.29 is 4.79 Å². The molecule has 3 heterocycles. The highest BCUT2D eigenvalue weighted by molar-refractivity contribution is 6.06. The van der Waals surface area contributed by atoms with Crippen molar-refractivity contribution in [1.82, 2.24) is 14.7 Å². The highest BCUT2D eigenvalue weighted by atomic mass is 16.1. The van der Waals surface area contributed by atoms with Gasteiger partial charge in [0.15, 0.2) is 0 Å². The molecule has 160 valence electrons. The molecule has 1 aromatic heterocycles. The number of hydrogen-bond acceptors (Lipinski definition) is 4. The number of aryl methyl sites for hydroxylation is 1. The average Bonchev–Trinajstić information content (AvgIpc) is 3.38. The number of benzene rings is 2. The number of aromatic nitrogens is 2. The molecule has 31 heavy (non-hydrogen) atoms. The van der Waals surface area contributed by atoms with Gasteiger partial charge < -0.3 is 10.2 Å². The fourth-order valence-electron chi connectivity index (χ4n) is 4.97. The lowest BCUT2D eigenvalue weighted by atomic mass is 10.1. The van der Waals surface area contributed by atoms with Crippen molar-refractivity contribution in [2.45, 2.75) is 32.7 Å². The van der Waals surface area contributed by atoms with Gasteiger partial charge in [0.05, 0.1) is 22.6 Å². The number of anilines is 2. The minimum atomic E-state index is -0.121. The van der Waals surface area contributed by atoms with Crippen LogP contribution in [-0.4, -0.2) is 52.8 Å². The van der Waals surface area contributed by atoms with Gasteiger partial charge in [-0.15, -0.1) is 0 Å². The number of fused-ring (bicyclic) bond motifs is 1. The maximum absolute atomic E-state index is 13.0. The quantitative estimate of drug-likeness (QED) is 0.699. The van der Waals surface area contributed by atoms with E-state index in [1.54, 1.807) is 0 Å². The van der Waals surface area contributed by atoms with Gasteiger partial charge in [-0.05, 0) is 69.6 Å². The Bertz CT molecular complexity index is 1070. The molecule has 1 N–H and O–H groups in total. The van der Waals surface area contributed by atoms with Crippen LogP contribution >= 0.6 is 0 Å². The molecule has 2 aromatic carbocycles. The molecule has 0 bridgehead atoms. The van der Waals surface area contributed by atoms with Crippen LogP contribution in [0.5, 0.6) is 0 Å². The second kappa shape index (κ2) is 8.19. The molecule has 0 spiro atoms. The molecule has 1 atom stereocenters. The lowest BCUT2D eigenvalue weighted by Crippen LogP contribution is -2.50. The molecule has 6 nitrogen and oxygen atoms in total. The van der Waals surface area contributed by atoms with Gasteiger partial charge in [-0.25, -0.2) is 4.68 Å². The number of amides is 1. The van der Waals surface area contributed by atoms with Gasteiger partial charge in [0.25, 0.3) is 5.91 Å². The Hall–Kier alpha value is -3.12. The summed E-state index contributed by atoms with van der Waals surface area (Å²) in [5, 5.41) is 7.64. The van der Waals surface area contributed by atoms with E-state index >= 15 is 0 Å². The highest BCUT2D eigenvalue weighted by Crippen LogP contribution is 2.27. The van der Waals surface area contributed by atoms with Gasteiger partial charge in [-0.3, -0.25) is 9.69 Å². The van der Waals surface area contributed by atoms with E-state index in [2.05, 4.69) is 32.3 Å². The number of hydrogen-bond donors (Lipinski definition) is 1. The fourth-order valence-corrected chi connectivity index (χ4v) is 4.97. The van der Waals surface area contributed by atoms with Gasteiger partial charge in [0.1, 0.15) is 0 Å². The van der Waals surface area contributed by atoms with E-state index in [0.717, 1.165) is 42.4 Å². The number of piperazine rings is 1. The van der Waals surface area contributed by atoms with Gasteiger partial charge in [-0.2, -0.15) is 5.10 Å². The summed E-state index contributed by atoms with van der Waals surface area (Å²) in [5.41, 5.74) is 5.18. The number of carbonyl (C=O) groups excluding carboxylic acids is 1. The van der Waals surface area contributed by atoms with Crippen LogP contribution in [0.3, 0.4) is 0 Å². The number of para-hydroxylation sites is 1. The van der Waals surface area contributed by atoms with Crippen molar-refractivity contribution in [2.75, 3.05) is 36.4 Å². The molecule has 1 amide bonds. The zero-order valence-electron chi connectivity index (χ0n) is 18.2. The highest BCUT2D eigenvalue weighted by Gasteiger charge is 2.30. The third-order valence-corrected chi connectivity index (χ3v) is 6.60. The Morgan fingerprint density at radius 3 is 2.52 bits per heavy atom. The molecule has 1 unspecified atom stereocenters. The number of nitrogens with zero attached hydrogens (tertiary/aromatic N) is 4. The van der Waals surface area contributed by atoms with E-state index in [1.165, 1.54) is 25.1 Å². The third-order valence-electron chi connectivity index (χ3n) is 6.60. The molecular formula is C25H29N5O. The minimum Gasteiger partial charge on any atom is -0.369 e. The first-order valence-corrected chi connectivity index (χ1v) is 11.1. The molecule has 2 saturated heterocycles. The molecule has 2 aliphatic heterocycles. The van der Waals surface area contributed by atoms with Gasteiger partial charge in [0, 0.05) is 37.1 Å². The van der Waals surface area contributed by atoms with Crippen molar-refractivity contribution in [3.63, 3.8) is 0 Å². The summed E-state index contributed by atoms with van der Waals surface area (Å²) >= 11 is 0. The largest absolute Gasteiger partial charge is 0.369 e. The lowest BCUT2D eigenvalue weighted by Gasteiger charge is -2.38. The summed E-state index contributed by atoms with van der Waals surface area (Å²) in [4.78, 5) is 18.1. The van der Waals surface area contributed by atoms with Crippen molar-refractivity contribution in [3.05, 3.63) is 71.5 Å². The predicted molar refractivity (Wildman–Crippen MR) is 124 cm³/mol. The fraction of sp³-hybridized carbons (Fsp3) is 0.360. The van der Waals surface area contributed by atoms with Gasteiger partial charge in [-0.1, -0.05) is 18.2 Å². The van der Waals surface area contributed by atoms with Gasteiger partial charge in [0.2, 0.25) is 0 Å². The molecule has 0 radical (unpaired) electrons. The summed E-state index contributed by atoms with van der Waals surface area (Å²) in [5.74, 6) is -0.121. The minimum absolute atomic E-state index is 0.121. The first-order chi connectivity index (χ1) is 15.1. The second-order valence-corrected chi connectivity index (χ2v) is 8.57. The molecule has 3 aromatic rings. The molecule has 5 rings (SSSR count). The SMILES string of the molecule is Cc1nn(-c2ccccc2)c(C)c1C(=O)Nc1ccc(N2CCN3CCCC3C2)cc1. The Morgan fingerprint density at radius 1 is 0.968 bits per heavy atom. The van der Waals surface area contributed by atoms with E-state index in [1.807, 2.05) is 61.0 Å². The van der Waals surface area contributed by atoms with E-state index in [9.17, 15) is 4.79 Å². The van der Waals surface area contributed by atoms with Crippen LogP contribution in [0.2, 0.25) is 0 Å². The lowest BCUT2D eigenvalue weighted by molar-refractivity contribution is 0.102. The summed E-state index contributed by atoms with van der Waals surface area (Å²) in [7, 11) is 0. The summed E-state index contributed by atoms with van der Waals surface area (Å²) in [6.07, 6.45) is 2.63. The van der Waals surface area contributed by atoms with Crippen molar-refractivity contribution in [3.8, 4) is 5.69 Å². The Labute approximate surface area is 183 Å². The van der Waals surface area contributed by atoms with E-state index in [4.69, 9.17) is 0 Å². The Morgan fingerprint density at radius 2 is 1.74 bits per heavy atom. The van der Waals surface area contributed by atoms with Crippen LogP contribution in [0.25, 0.3) is 5.69 Å². The van der Waals surface area contributed by atoms with Crippen LogP contribution in [-0.2, 0) is 0 Å². The normalized spacial score (nSPS) is 18.8. The topological polar surface area (TPSA) is 53.4 Å². The maximum Gasteiger partial charge on any atom is 0.259 e. The first-order valence-electron chi connectivity index (χ1n) is 11.1. The number of rotatable bonds is 4. The average molecular weight is 416 g/mol. The summed E-state index contributed by atoms with van der Waals surface area (Å²) in [6, 6.07) is 18.8. The summed E-state index contributed by atoms with van der Waals surface area (Å²) < 4.78 is 1.83. The summed E-state index contributed by atoms with van der Waals surface area (Å²) in [6.45, 7) is 8.39. The molecule has 2 fully saturated rings. The van der Waals surface area contributed by atoms with Crippen molar-refractivity contribution in [1.29, 1.82) is 0 Å². The molecule has 2 aliphatic rings. The third kappa shape index (κ3) is 3.83. The smallest absolute Gasteiger partial charge is 0.259 e. The maximum atomic E-state index is 13.0. The van der Waals surface area contributed by atoms with Crippen molar-refractivity contribution >= 4 is 17.3 Å². The Kier molecular flexibility index (Phi) is 5.24. The van der Waals surface area contributed by atoms with Crippen LogP contribution < -0.4 is 10.2 Å². The first kappa shape index (κ1) is 19.8. The van der Waals surface area contributed by atoms with Crippen LogP contribution in [0, 0.1) is 13.8 Å². The van der Waals surface area contributed by atoms with E-state index < -0.39 is 0 Å².